The second-order valence-corrected chi connectivity index (χ2v) is 4.30. The third kappa shape index (κ3) is 2.21. The van der Waals surface area contributed by atoms with Crippen LogP contribution in [0.25, 0.3) is 0 Å². The molecule has 6 heteroatoms. The Bertz CT molecular complexity index is 382. The molecule has 0 bridgehead atoms. The molecule has 1 aromatic heterocycles. The second kappa shape index (κ2) is 4.21. The normalized spacial score (nSPS) is 25.6. The molecule has 1 unspecified atom stereocenters. The van der Waals surface area contributed by atoms with Crippen molar-refractivity contribution in [2.24, 2.45) is 0 Å². The number of carboxylic acid groups (broad SMARTS) is 1. The van der Waals surface area contributed by atoms with Crippen molar-refractivity contribution in [2.75, 3.05) is 13.2 Å². The van der Waals surface area contributed by atoms with Gasteiger partial charge in [0.25, 0.3) is 0 Å². The fourth-order valence-electron chi connectivity index (χ4n) is 1.81. The van der Waals surface area contributed by atoms with Gasteiger partial charge >= 0.3 is 5.97 Å². The van der Waals surface area contributed by atoms with Crippen LogP contribution in [0.3, 0.4) is 0 Å². The Balaban J connectivity index is 2.13. The molecule has 0 aliphatic carbocycles. The average molecular weight is 226 g/mol. The van der Waals surface area contributed by atoms with Crippen molar-refractivity contribution in [3.05, 3.63) is 11.7 Å². The molecule has 6 nitrogen and oxygen atoms in total. The number of carbonyl (C=O) groups is 1. The second-order valence-electron chi connectivity index (χ2n) is 4.30. The van der Waals surface area contributed by atoms with Gasteiger partial charge in [0.1, 0.15) is 6.42 Å². The minimum atomic E-state index is -0.961. The highest BCUT2D eigenvalue weighted by Crippen LogP contribution is 2.31. The molecule has 2 rings (SSSR count). The fraction of sp³-hybridized carbons (Fsp3) is 0.700. The fourth-order valence-corrected chi connectivity index (χ4v) is 1.81. The summed E-state index contributed by atoms with van der Waals surface area (Å²) in [5.41, 5.74) is -0.276. The van der Waals surface area contributed by atoms with Crippen molar-refractivity contribution < 1.29 is 19.2 Å². The zero-order chi connectivity index (χ0) is 11.6. The molecule has 1 aromatic rings. The average Bonchev–Trinajstić information content (AvgIpc) is 2.67. The lowest BCUT2D eigenvalue weighted by atomic mass is 9.85. The first-order valence-electron chi connectivity index (χ1n) is 5.23. The molecule has 0 saturated carbocycles. The molecule has 1 N–H and O–H groups in total. The van der Waals surface area contributed by atoms with Gasteiger partial charge in [0, 0.05) is 6.61 Å². The van der Waals surface area contributed by atoms with E-state index >= 15 is 0 Å². The van der Waals surface area contributed by atoms with Crippen LogP contribution in [0.5, 0.6) is 0 Å². The summed E-state index contributed by atoms with van der Waals surface area (Å²) in [6, 6.07) is 0. The van der Waals surface area contributed by atoms with Crippen molar-refractivity contribution in [3.63, 3.8) is 0 Å². The predicted octanol–water partition coefficient (Wildman–Crippen LogP) is 0.765. The van der Waals surface area contributed by atoms with E-state index in [1.807, 2.05) is 6.92 Å². The lowest BCUT2D eigenvalue weighted by molar-refractivity contribution is -0.136. The first-order chi connectivity index (χ1) is 7.60. The molecule has 1 aliphatic rings. The molecule has 1 saturated heterocycles. The number of nitrogens with zero attached hydrogens (tertiary/aromatic N) is 2. The van der Waals surface area contributed by atoms with E-state index in [1.54, 1.807) is 0 Å². The summed E-state index contributed by atoms with van der Waals surface area (Å²) in [5.74, 6) is -0.268. The van der Waals surface area contributed by atoms with Crippen LogP contribution >= 0.6 is 0 Å². The number of hydrogen-bond donors (Lipinski definition) is 1. The summed E-state index contributed by atoms with van der Waals surface area (Å²) in [4.78, 5) is 14.6. The van der Waals surface area contributed by atoms with E-state index in [9.17, 15) is 4.79 Å². The van der Waals surface area contributed by atoms with Gasteiger partial charge in [0.2, 0.25) is 5.89 Å². The first kappa shape index (κ1) is 11.1. The van der Waals surface area contributed by atoms with Crippen LogP contribution in [0.1, 0.15) is 31.5 Å². The van der Waals surface area contributed by atoms with Crippen LogP contribution in [0, 0.1) is 0 Å². The summed E-state index contributed by atoms with van der Waals surface area (Å²) in [6.07, 6.45) is 1.66. The van der Waals surface area contributed by atoms with E-state index in [-0.39, 0.29) is 17.7 Å². The maximum atomic E-state index is 10.5. The third-order valence-corrected chi connectivity index (χ3v) is 2.73. The van der Waals surface area contributed by atoms with Gasteiger partial charge in [-0.2, -0.15) is 4.98 Å². The minimum Gasteiger partial charge on any atom is -0.481 e. The molecule has 1 atom stereocenters. The van der Waals surface area contributed by atoms with Gasteiger partial charge in [0.15, 0.2) is 5.82 Å². The maximum Gasteiger partial charge on any atom is 0.311 e. The SMILES string of the molecule is CC1(c2nc(CC(=O)O)no2)CCCOC1. The van der Waals surface area contributed by atoms with Crippen molar-refractivity contribution in [1.29, 1.82) is 0 Å². The Morgan fingerprint density at radius 1 is 1.62 bits per heavy atom. The quantitative estimate of drug-likeness (QED) is 0.819. The Morgan fingerprint density at radius 2 is 2.44 bits per heavy atom. The molecule has 2 heterocycles. The van der Waals surface area contributed by atoms with Gasteiger partial charge in [-0.3, -0.25) is 4.79 Å². The Morgan fingerprint density at radius 3 is 3.06 bits per heavy atom. The van der Waals surface area contributed by atoms with Crippen LogP contribution in [0.4, 0.5) is 0 Å². The molecule has 0 amide bonds. The zero-order valence-electron chi connectivity index (χ0n) is 9.10. The molecule has 1 fully saturated rings. The van der Waals surface area contributed by atoms with Crippen LogP contribution in [-0.4, -0.2) is 34.4 Å². The maximum absolute atomic E-state index is 10.5. The lowest BCUT2D eigenvalue weighted by Gasteiger charge is -2.29. The van der Waals surface area contributed by atoms with Crippen LogP contribution in [-0.2, 0) is 21.4 Å². The van der Waals surface area contributed by atoms with Crippen molar-refractivity contribution in [3.8, 4) is 0 Å². The van der Waals surface area contributed by atoms with Crippen LogP contribution in [0.15, 0.2) is 4.52 Å². The Hall–Kier alpha value is -1.43. The highest BCUT2D eigenvalue weighted by Gasteiger charge is 2.35. The van der Waals surface area contributed by atoms with Crippen LogP contribution in [0.2, 0.25) is 0 Å². The summed E-state index contributed by atoms with van der Waals surface area (Å²) in [7, 11) is 0. The molecule has 0 aromatic carbocycles. The molecule has 0 radical (unpaired) electrons. The van der Waals surface area contributed by atoms with Gasteiger partial charge < -0.3 is 14.4 Å². The summed E-state index contributed by atoms with van der Waals surface area (Å²) >= 11 is 0. The van der Waals surface area contributed by atoms with Gasteiger partial charge in [-0.1, -0.05) is 5.16 Å². The van der Waals surface area contributed by atoms with E-state index in [1.165, 1.54) is 0 Å². The molecule has 0 spiro atoms. The van der Waals surface area contributed by atoms with Gasteiger partial charge in [-0.05, 0) is 19.8 Å². The number of rotatable bonds is 3. The highest BCUT2D eigenvalue weighted by atomic mass is 16.5. The summed E-state index contributed by atoms with van der Waals surface area (Å²) < 4.78 is 10.5. The largest absolute Gasteiger partial charge is 0.481 e. The number of hydrogen-bond acceptors (Lipinski definition) is 5. The molecule has 88 valence electrons. The number of carboxylic acids is 1. The first-order valence-corrected chi connectivity index (χ1v) is 5.23. The summed E-state index contributed by atoms with van der Waals surface area (Å²) in [5, 5.41) is 12.3. The highest BCUT2D eigenvalue weighted by molar-refractivity contribution is 5.68. The van der Waals surface area contributed by atoms with Crippen molar-refractivity contribution >= 4 is 5.97 Å². The van der Waals surface area contributed by atoms with Gasteiger partial charge in [-0.15, -0.1) is 0 Å². The topological polar surface area (TPSA) is 85.5 Å². The predicted molar refractivity (Wildman–Crippen MR) is 53.0 cm³/mol. The monoisotopic (exact) mass is 226 g/mol. The zero-order valence-corrected chi connectivity index (χ0v) is 9.10. The molecule has 1 aliphatic heterocycles. The number of aliphatic carboxylic acids is 1. The molecular formula is C10H14N2O4. The van der Waals surface area contributed by atoms with E-state index in [2.05, 4.69) is 10.1 Å². The number of aromatic nitrogens is 2. The number of ether oxygens (including phenoxy) is 1. The smallest absolute Gasteiger partial charge is 0.311 e. The van der Waals surface area contributed by atoms with E-state index in [0.717, 1.165) is 19.4 Å². The Labute approximate surface area is 92.6 Å². The van der Waals surface area contributed by atoms with Gasteiger partial charge in [0.05, 0.1) is 12.0 Å². The Kier molecular flexibility index (Phi) is 2.91. The van der Waals surface area contributed by atoms with Crippen molar-refractivity contribution in [1.82, 2.24) is 10.1 Å². The lowest BCUT2D eigenvalue weighted by Crippen LogP contribution is -2.33. The van der Waals surface area contributed by atoms with Crippen molar-refractivity contribution in [2.45, 2.75) is 31.6 Å². The van der Waals surface area contributed by atoms with E-state index in [4.69, 9.17) is 14.4 Å². The third-order valence-electron chi connectivity index (χ3n) is 2.73. The van der Waals surface area contributed by atoms with Crippen LogP contribution < -0.4 is 0 Å². The van der Waals surface area contributed by atoms with E-state index in [0.29, 0.717) is 12.5 Å². The standard InChI is InChI=1S/C10H14N2O4/c1-10(3-2-4-15-6-10)9-11-7(12-16-9)5-8(13)14/h2-6H2,1H3,(H,13,14). The molecule has 16 heavy (non-hydrogen) atoms. The van der Waals surface area contributed by atoms with Gasteiger partial charge in [-0.25, -0.2) is 0 Å². The summed E-state index contributed by atoms with van der Waals surface area (Å²) in [6.45, 7) is 3.29. The van der Waals surface area contributed by atoms with E-state index < -0.39 is 5.97 Å². The molecular weight excluding hydrogens is 212 g/mol. The minimum absolute atomic E-state index is 0.208.